The SMILES string of the molecule is COC(=O)c1ccc(Cn2ccc(=O)c3cc(F)ccc32)o1. The van der Waals surface area contributed by atoms with Crippen molar-refractivity contribution in [2.24, 2.45) is 0 Å². The van der Waals surface area contributed by atoms with Gasteiger partial charge in [-0.1, -0.05) is 0 Å². The van der Waals surface area contributed by atoms with Crippen molar-refractivity contribution in [3.63, 3.8) is 0 Å². The molecular formula is C16H12FNO4. The molecule has 3 rings (SSSR count). The maximum Gasteiger partial charge on any atom is 0.373 e. The van der Waals surface area contributed by atoms with Gasteiger partial charge in [-0.2, -0.15) is 0 Å². The van der Waals surface area contributed by atoms with Crippen molar-refractivity contribution < 1.29 is 18.3 Å². The summed E-state index contributed by atoms with van der Waals surface area (Å²) in [6.45, 7) is 0.305. The van der Waals surface area contributed by atoms with Crippen LogP contribution in [0.25, 0.3) is 10.9 Å². The third kappa shape index (κ3) is 2.50. The number of hydrogen-bond donors (Lipinski definition) is 0. The van der Waals surface area contributed by atoms with Crippen LogP contribution in [0, 0.1) is 5.82 Å². The second-order valence-electron chi connectivity index (χ2n) is 4.73. The van der Waals surface area contributed by atoms with Crippen LogP contribution >= 0.6 is 0 Å². The Morgan fingerprint density at radius 3 is 2.86 bits per heavy atom. The number of aromatic nitrogens is 1. The fraction of sp³-hybridized carbons (Fsp3) is 0.125. The zero-order valence-corrected chi connectivity index (χ0v) is 11.7. The molecule has 0 unspecified atom stereocenters. The zero-order chi connectivity index (χ0) is 15.7. The first-order valence-electron chi connectivity index (χ1n) is 6.54. The Hall–Kier alpha value is -2.89. The van der Waals surface area contributed by atoms with E-state index in [1.807, 2.05) is 0 Å². The monoisotopic (exact) mass is 301 g/mol. The van der Waals surface area contributed by atoms with Crippen molar-refractivity contribution in [3.8, 4) is 0 Å². The quantitative estimate of drug-likeness (QED) is 0.698. The molecule has 0 fully saturated rings. The lowest BCUT2D eigenvalue weighted by Gasteiger charge is -2.09. The van der Waals surface area contributed by atoms with Crippen LogP contribution in [-0.4, -0.2) is 17.6 Å². The first-order chi connectivity index (χ1) is 10.6. The summed E-state index contributed by atoms with van der Waals surface area (Å²) in [7, 11) is 1.27. The maximum atomic E-state index is 13.3. The third-order valence-electron chi connectivity index (χ3n) is 3.31. The van der Waals surface area contributed by atoms with Crippen molar-refractivity contribution in [3.05, 3.63) is 70.2 Å². The highest BCUT2D eigenvalue weighted by atomic mass is 19.1. The van der Waals surface area contributed by atoms with Gasteiger partial charge >= 0.3 is 5.97 Å². The minimum atomic E-state index is -0.557. The number of pyridine rings is 1. The summed E-state index contributed by atoms with van der Waals surface area (Å²) in [6, 6.07) is 8.57. The van der Waals surface area contributed by atoms with E-state index in [2.05, 4.69) is 4.74 Å². The molecule has 6 heteroatoms. The second kappa shape index (κ2) is 5.48. The number of carbonyl (C=O) groups excluding carboxylic acids is 1. The average Bonchev–Trinajstić information content (AvgIpc) is 2.98. The lowest BCUT2D eigenvalue weighted by atomic mass is 10.2. The number of furan rings is 1. The predicted octanol–water partition coefficient (Wildman–Crippen LogP) is 2.57. The number of halogens is 1. The molecule has 0 atom stereocenters. The van der Waals surface area contributed by atoms with Gasteiger partial charge in [-0.05, 0) is 30.3 Å². The van der Waals surface area contributed by atoms with Crippen molar-refractivity contribution in [1.29, 1.82) is 0 Å². The summed E-state index contributed by atoms with van der Waals surface area (Å²) in [5.74, 6) is -0.394. The van der Waals surface area contributed by atoms with Crippen LogP contribution in [0.5, 0.6) is 0 Å². The highest BCUT2D eigenvalue weighted by Crippen LogP contribution is 2.16. The molecule has 0 aliphatic heterocycles. The van der Waals surface area contributed by atoms with E-state index >= 15 is 0 Å². The van der Waals surface area contributed by atoms with Crippen LogP contribution in [0.15, 0.2) is 51.8 Å². The fourth-order valence-corrected chi connectivity index (χ4v) is 2.26. The summed E-state index contributed by atoms with van der Waals surface area (Å²) >= 11 is 0. The molecule has 0 saturated carbocycles. The number of nitrogens with zero attached hydrogens (tertiary/aromatic N) is 1. The molecule has 1 aromatic carbocycles. The molecule has 112 valence electrons. The molecule has 2 heterocycles. The van der Waals surface area contributed by atoms with Crippen molar-refractivity contribution in [2.45, 2.75) is 6.54 Å². The van der Waals surface area contributed by atoms with E-state index in [1.54, 1.807) is 16.8 Å². The van der Waals surface area contributed by atoms with Gasteiger partial charge in [-0.3, -0.25) is 4.79 Å². The number of methoxy groups -OCH3 is 1. The summed E-state index contributed by atoms with van der Waals surface area (Å²) < 4.78 is 25.0. The Balaban J connectivity index is 2.01. The number of carbonyl (C=O) groups is 1. The van der Waals surface area contributed by atoms with E-state index in [-0.39, 0.29) is 11.2 Å². The van der Waals surface area contributed by atoms with Gasteiger partial charge < -0.3 is 13.7 Å². The Kier molecular flexibility index (Phi) is 3.50. The molecule has 22 heavy (non-hydrogen) atoms. The molecule has 0 saturated heterocycles. The minimum absolute atomic E-state index is 0.105. The molecule has 0 amide bonds. The molecule has 0 N–H and O–H groups in total. The van der Waals surface area contributed by atoms with Crippen LogP contribution in [0.4, 0.5) is 4.39 Å². The Labute approximate surface area is 124 Å². The molecule has 0 bridgehead atoms. The van der Waals surface area contributed by atoms with Gasteiger partial charge in [0.15, 0.2) is 5.43 Å². The Bertz CT molecular complexity index is 910. The van der Waals surface area contributed by atoms with Crippen LogP contribution < -0.4 is 5.43 Å². The van der Waals surface area contributed by atoms with E-state index in [9.17, 15) is 14.0 Å². The average molecular weight is 301 g/mol. The smallest absolute Gasteiger partial charge is 0.373 e. The molecule has 0 aliphatic rings. The summed E-state index contributed by atoms with van der Waals surface area (Å²) in [6.07, 6.45) is 1.60. The molecule has 2 aromatic heterocycles. The molecular weight excluding hydrogens is 289 g/mol. The highest BCUT2D eigenvalue weighted by molar-refractivity contribution is 5.86. The van der Waals surface area contributed by atoms with E-state index < -0.39 is 11.8 Å². The van der Waals surface area contributed by atoms with Crippen molar-refractivity contribution >= 4 is 16.9 Å². The lowest BCUT2D eigenvalue weighted by molar-refractivity contribution is 0.0563. The Morgan fingerprint density at radius 1 is 1.27 bits per heavy atom. The van der Waals surface area contributed by atoms with Crippen LogP contribution in [-0.2, 0) is 11.3 Å². The zero-order valence-electron chi connectivity index (χ0n) is 11.7. The normalized spacial score (nSPS) is 10.8. The number of rotatable bonds is 3. The number of benzene rings is 1. The second-order valence-corrected chi connectivity index (χ2v) is 4.73. The van der Waals surface area contributed by atoms with Crippen LogP contribution in [0.3, 0.4) is 0 Å². The fourth-order valence-electron chi connectivity index (χ4n) is 2.26. The van der Waals surface area contributed by atoms with E-state index in [4.69, 9.17) is 4.42 Å². The third-order valence-corrected chi connectivity index (χ3v) is 3.31. The van der Waals surface area contributed by atoms with Crippen LogP contribution in [0.2, 0.25) is 0 Å². The van der Waals surface area contributed by atoms with Gasteiger partial charge in [0.1, 0.15) is 11.6 Å². The van der Waals surface area contributed by atoms with Gasteiger partial charge in [-0.25, -0.2) is 9.18 Å². The number of fused-ring (bicyclic) bond motifs is 1. The predicted molar refractivity (Wildman–Crippen MR) is 77.3 cm³/mol. The molecule has 0 aliphatic carbocycles. The molecule has 3 aromatic rings. The standard InChI is InChI=1S/C16H12FNO4/c1-21-16(20)15-5-3-11(22-15)9-18-7-6-14(19)12-8-10(17)2-4-13(12)18/h2-8H,9H2,1H3. The molecule has 0 radical (unpaired) electrons. The van der Waals surface area contributed by atoms with Gasteiger partial charge in [0.25, 0.3) is 0 Å². The number of hydrogen-bond acceptors (Lipinski definition) is 4. The summed E-state index contributed by atoms with van der Waals surface area (Å²) in [4.78, 5) is 23.2. The van der Waals surface area contributed by atoms with Crippen molar-refractivity contribution in [2.75, 3.05) is 7.11 Å². The van der Waals surface area contributed by atoms with Gasteiger partial charge in [0, 0.05) is 17.6 Å². The van der Waals surface area contributed by atoms with Gasteiger partial charge in [0.2, 0.25) is 5.76 Å². The number of esters is 1. The Morgan fingerprint density at radius 2 is 2.09 bits per heavy atom. The number of ether oxygens (including phenoxy) is 1. The molecule has 0 spiro atoms. The lowest BCUT2D eigenvalue weighted by Crippen LogP contribution is -2.08. The first kappa shape index (κ1) is 14.1. The van der Waals surface area contributed by atoms with Crippen molar-refractivity contribution in [1.82, 2.24) is 4.57 Å². The van der Waals surface area contributed by atoms with E-state index in [0.717, 1.165) is 0 Å². The van der Waals surface area contributed by atoms with E-state index in [1.165, 1.54) is 37.4 Å². The molecule has 5 nitrogen and oxygen atoms in total. The summed E-state index contributed by atoms with van der Waals surface area (Å²) in [5, 5.41) is 0.294. The first-order valence-corrected chi connectivity index (χ1v) is 6.54. The highest BCUT2D eigenvalue weighted by Gasteiger charge is 2.12. The maximum absolute atomic E-state index is 13.3. The van der Waals surface area contributed by atoms with Gasteiger partial charge in [-0.15, -0.1) is 0 Å². The van der Waals surface area contributed by atoms with E-state index in [0.29, 0.717) is 23.2 Å². The largest absolute Gasteiger partial charge is 0.463 e. The minimum Gasteiger partial charge on any atom is -0.463 e. The van der Waals surface area contributed by atoms with Crippen LogP contribution in [0.1, 0.15) is 16.3 Å². The van der Waals surface area contributed by atoms with Gasteiger partial charge in [0.05, 0.1) is 19.2 Å². The topological polar surface area (TPSA) is 61.4 Å². The summed E-state index contributed by atoms with van der Waals surface area (Å²) in [5.41, 5.74) is 0.338.